The molecular formula is C24H30N2O3. The van der Waals surface area contributed by atoms with Gasteiger partial charge in [-0.3, -0.25) is 4.79 Å². The second-order valence-electron chi connectivity index (χ2n) is 8.55. The second kappa shape index (κ2) is 9.12. The molecule has 0 saturated carbocycles. The summed E-state index contributed by atoms with van der Waals surface area (Å²) in [6.07, 6.45) is 0.725. The van der Waals surface area contributed by atoms with Gasteiger partial charge in [0.2, 0.25) is 5.91 Å². The minimum atomic E-state index is -0.531. The molecule has 1 aliphatic rings. The Labute approximate surface area is 173 Å². The normalized spacial score (nSPS) is 16.7. The molecule has 2 amide bonds. The summed E-state index contributed by atoms with van der Waals surface area (Å²) in [5.74, 6) is 0.124. The van der Waals surface area contributed by atoms with Crippen LogP contribution >= 0.6 is 0 Å². The van der Waals surface area contributed by atoms with Gasteiger partial charge in [0, 0.05) is 25.4 Å². The van der Waals surface area contributed by atoms with Crippen LogP contribution < -0.4 is 5.32 Å². The first-order chi connectivity index (χ1) is 13.8. The summed E-state index contributed by atoms with van der Waals surface area (Å²) in [7, 11) is 0. The number of rotatable bonds is 5. The van der Waals surface area contributed by atoms with Crippen LogP contribution in [-0.2, 0) is 9.53 Å². The van der Waals surface area contributed by atoms with Crippen molar-refractivity contribution in [2.24, 2.45) is 0 Å². The SMILES string of the molecule is CC(C)(C)OC(=O)N[C@H]1CCN(C(=O)CC(c2ccccc2)c2ccccc2)C1. The second-order valence-corrected chi connectivity index (χ2v) is 8.55. The molecule has 5 nitrogen and oxygen atoms in total. The number of amides is 2. The molecule has 154 valence electrons. The molecule has 1 N–H and O–H groups in total. The topological polar surface area (TPSA) is 58.6 Å². The van der Waals surface area contributed by atoms with Crippen molar-refractivity contribution >= 4 is 12.0 Å². The quantitative estimate of drug-likeness (QED) is 0.821. The number of carbonyl (C=O) groups excluding carboxylic acids is 2. The van der Waals surface area contributed by atoms with Crippen molar-refractivity contribution in [1.82, 2.24) is 10.2 Å². The summed E-state index contributed by atoms with van der Waals surface area (Å²) in [6, 6.07) is 20.2. The van der Waals surface area contributed by atoms with Crippen LogP contribution in [0.1, 0.15) is 50.7 Å². The van der Waals surface area contributed by atoms with E-state index in [0.717, 1.165) is 17.5 Å². The molecule has 5 heteroatoms. The lowest BCUT2D eigenvalue weighted by atomic mass is 9.88. The molecular weight excluding hydrogens is 364 g/mol. The summed E-state index contributed by atoms with van der Waals surface area (Å²) >= 11 is 0. The molecule has 29 heavy (non-hydrogen) atoms. The third-order valence-electron chi connectivity index (χ3n) is 5.04. The number of benzene rings is 2. The number of likely N-dealkylation sites (tertiary alicyclic amines) is 1. The Kier molecular flexibility index (Phi) is 6.57. The van der Waals surface area contributed by atoms with E-state index < -0.39 is 11.7 Å². The largest absolute Gasteiger partial charge is 0.444 e. The molecule has 0 unspecified atom stereocenters. The van der Waals surface area contributed by atoms with E-state index in [1.807, 2.05) is 62.1 Å². The number of hydrogen-bond acceptors (Lipinski definition) is 3. The predicted octanol–water partition coefficient (Wildman–Crippen LogP) is 4.33. The van der Waals surface area contributed by atoms with E-state index in [-0.39, 0.29) is 17.9 Å². The van der Waals surface area contributed by atoms with E-state index in [9.17, 15) is 9.59 Å². The third kappa shape index (κ3) is 6.08. The fourth-order valence-electron chi connectivity index (χ4n) is 3.68. The molecule has 0 aromatic heterocycles. The van der Waals surface area contributed by atoms with Gasteiger partial charge in [-0.25, -0.2) is 4.79 Å². The van der Waals surface area contributed by atoms with Crippen LogP contribution in [0.3, 0.4) is 0 Å². The lowest BCUT2D eigenvalue weighted by molar-refractivity contribution is -0.130. The molecule has 1 aliphatic heterocycles. The van der Waals surface area contributed by atoms with Gasteiger partial charge in [0.25, 0.3) is 0 Å². The van der Waals surface area contributed by atoms with E-state index in [1.165, 1.54) is 0 Å². The van der Waals surface area contributed by atoms with Gasteiger partial charge in [-0.05, 0) is 38.3 Å². The highest BCUT2D eigenvalue weighted by molar-refractivity contribution is 5.78. The molecule has 2 aromatic carbocycles. The Hall–Kier alpha value is -2.82. The van der Waals surface area contributed by atoms with Crippen molar-refractivity contribution in [1.29, 1.82) is 0 Å². The molecule has 0 radical (unpaired) electrons. The first kappa shape index (κ1) is 20.9. The fraction of sp³-hybridized carbons (Fsp3) is 0.417. The first-order valence-electron chi connectivity index (χ1n) is 10.2. The van der Waals surface area contributed by atoms with Gasteiger partial charge in [-0.1, -0.05) is 60.7 Å². The van der Waals surface area contributed by atoms with Crippen molar-refractivity contribution < 1.29 is 14.3 Å². The van der Waals surface area contributed by atoms with E-state index in [1.54, 1.807) is 0 Å². The van der Waals surface area contributed by atoms with E-state index >= 15 is 0 Å². The van der Waals surface area contributed by atoms with Crippen molar-refractivity contribution in [2.75, 3.05) is 13.1 Å². The number of hydrogen-bond donors (Lipinski definition) is 1. The Morgan fingerprint density at radius 1 is 1.03 bits per heavy atom. The fourth-order valence-corrected chi connectivity index (χ4v) is 3.68. The third-order valence-corrected chi connectivity index (χ3v) is 5.04. The molecule has 0 aliphatic carbocycles. The van der Waals surface area contributed by atoms with Crippen LogP contribution in [0.25, 0.3) is 0 Å². The van der Waals surface area contributed by atoms with Gasteiger partial charge < -0.3 is 15.0 Å². The molecule has 3 rings (SSSR count). The Bertz CT molecular complexity index is 776. The number of nitrogens with zero attached hydrogens (tertiary/aromatic N) is 1. The number of alkyl carbamates (subject to hydrolysis) is 1. The molecule has 0 spiro atoms. The zero-order valence-electron chi connectivity index (χ0n) is 17.4. The molecule has 1 atom stereocenters. The Morgan fingerprint density at radius 2 is 1.59 bits per heavy atom. The Balaban J connectivity index is 1.63. The van der Waals surface area contributed by atoms with Crippen LogP contribution in [0.2, 0.25) is 0 Å². The maximum absolute atomic E-state index is 13.0. The highest BCUT2D eigenvalue weighted by atomic mass is 16.6. The van der Waals surface area contributed by atoms with Crippen LogP contribution in [0, 0.1) is 0 Å². The summed E-state index contributed by atoms with van der Waals surface area (Å²) in [5.41, 5.74) is 1.74. The van der Waals surface area contributed by atoms with E-state index in [4.69, 9.17) is 4.74 Å². The minimum absolute atomic E-state index is 0.0164. The van der Waals surface area contributed by atoms with Gasteiger partial charge in [-0.2, -0.15) is 0 Å². The number of carbonyl (C=O) groups is 2. The minimum Gasteiger partial charge on any atom is -0.444 e. The highest BCUT2D eigenvalue weighted by Crippen LogP contribution is 2.29. The average Bonchev–Trinajstić information content (AvgIpc) is 3.14. The van der Waals surface area contributed by atoms with Gasteiger partial charge in [0.05, 0.1) is 6.04 Å². The average molecular weight is 395 g/mol. The molecule has 1 fully saturated rings. The predicted molar refractivity (Wildman–Crippen MR) is 114 cm³/mol. The maximum Gasteiger partial charge on any atom is 0.407 e. The summed E-state index contributed by atoms with van der Waals surface area (Å²) in [4.78, 5) is 26.9. The lowest BCUT2D eigenvalue weighted by Crippen LogP contribution is -2.41. The van der Waals surface area contributed by atoms with Gasteiger partial charge >= 0.3 is 6.09 Å². The van der Waals surface area contributed by atoms with Gasteiger partial charge in [0.15, 0.2) is 0 Å². The van der Waals surface area contributed by atoms with Crippen molar-refractivity contribution in [2.45, 2.75) is 51.2 Å². The monoisotopic (exact) mass is 394 g/mol. The summed E-state index contributed by atoms with van der Waals surface area (Å²) in [5, 5.41) is 2.88. The van der Waals surface area contributed by atoms with Crippen molar-refractivity contribution in [3.05, 3.63) is 71.8 Å². The van der Waals surface area contributed by atoms with Crippen molar-refractivity contribution in [3.63, 3.8) is 0 Å². The zero-order chi connectivity index (χ0) is 20.9. The van der Waals surface area contributed by atoms with Gasteiger partial charge in [-0.15, -0.1) is 0 Å². The van der Waals surface area contributed by atoms with E-state index in [0.29, 0.717) is 19.5 Å². The molecule has 1 saturated heterocycles. The van der Waals surface area contributed by atoms with Crippen LogP contribution in [0.15, 0.2) is 60.7 Å². The van der Waals surface area contributed by atoms with Crippen molar-refractivity contribution in [3.8, 4) is 0 Å². The molecule has 0 bridgehead atoms. The summed E-state index contributed by atoms with van der Waals surface area (Å²) in [6.45, 7) is 6.68. The summed E-state index contributed by atoms with van der Waals surface area (Å²) < 4.78 is 5.32. The lowest BCUT2D eigenvalue weighted by Gasteiger charge is -2.23. The first-order valence-corrected chi connectivity index (χ1v) is 10.2. The van der Waals surface area contributed by atoms with E-state index in [2.05, 4.69) is 29.6 Å². The van der Waals surface area contributed by atoms with Crippen LogP contribution in [0.5, 0.6) is 0 Å². The smallest absolute Gasteiger partial charge is 0.407 e. The molecule has 1 heterocycles. The van der Waals surface area contributed by atoms with Crippen LogP contribution in [0.4, 0.5) is 4.79 Å². The Morgan fingerprint density at radius 3 is 2.10 bits per heavy atom. The number of ether oxygens (including phenoxy) is 1. The number of nitrogens with one attached hydrogen (secondary N) is 1. The molecule has 2 aromatic rings. The zero-order valence-corrected chi connectivity index (χ0v) is 17.4. The maximum atomic E-state index is 13.0. The van der Waals surface area contributed by atoms with Crippen LogP contribution in [-0.4, -0.2) is 41.6 Å². The highest BCUT2D eigenvalue weighted by Gasteiger charge is 2.30. The standard InChI is InChI=1S/C24H30N2O3/c1-24(2,3)29-23(28)25-20-14-15-26(17-20)22(27)16-21(18-10-6-4-7-11-18)19-12-8-5-9-13-19/h4-13,20-21H,14-17H2,1-3H3,(H,25,28)/t20-/m0/s1. The van der Waals surface area contributed by atoms with Gasteiger partial charge in [0.1, 0.15) is 5.60 Å².